The van der Waals surface area contributed by atoms with Gasteiger partial charge in [-0.15, -0.1) is 23.2 Å². The maximum atomic E-state index is 10.6. The van der Waals surface area contributed by atoms with E-state index in [0.717, 1.165) is 6.29 Å². The summed E-state index contributed by atoms with van der Waals surface area (Å²) in [5.41, 5.74) is 0. The van der Waals surface area contributed by atoms with Crippen LogP contribution in [-0.4, -0.2) is 29.2 Å². The Balaban J connectivity index is 2.17. The van der Waals surface area contributed by atoms with Gasteiger partial charge in [-0.25, -0.2) is 9.78 Å². The summed E-state index contributed by atoms with van der Waals surface area (Å²) in [6.45, 7) is 0. The number of halogens is 2. The second kappa shape index (κ2) is 3.14. The highest BCUT2D eigenvalue weighted by molar-refractivity contribution is 6.25. The molecular formula is C7H8Cl2O3. The van der Waals surface area contributed by atoms with E-state index in [1.165, 1.54) is 0 Å². The molecule has 1 aliphatic carbocycles. The van der Waals surface area contributed by atoms with E-state index in [0.29, 0.717) is 6.42 Å². The molecule has 5 heteroatoms. The molecule has 5 atom stereocenters. The molecule has 0 spiro atoms. The minimum Gasteiger partial charge on any atom is -0.303 e. The third-order valence-corrected chi connectivity index (χ3v) is 3.46. The van der Waals surface area contributed by atoms with Crippen molar-refractivity contribution < 1.29 is 14.6 Å². The van der Waals surface area contributed by atoms with Crippen molar-refractivity contribution >= 4 is 29.5 Å². The minimum absolute atomic E-state index is 0.179. The summed E-state index contributed by atoms with van der Waals surface area (Å²) in [7, 11) is 0. The van der Waals surface area contributed by atoms with Gasteiger partial charge in [0.2, 0.25) is 0 Å². The standard InChI is InChI=1S/C7H8Cl2O3/c8-5-3(2-10)1-4-6(9)7(5)12-11-4/h2-7H,1H2. The fourth-order valence-electron chi connectivity index (χ4n) is 1.62. The van der Waals surface area contributed by atoms with Crippen molar-refractivity contribution in [3.05, 3.63) is 0 Å². The second-order valence-electron chi connectivity index (χ2n) is 3.12. The zero-order chi connectivity index (χ0) is 8.72. The maximum absolute atomic E-state index is 10.6. The predicted molar refractivity (Wildman–Crippen MR) is 43.2 cm³/mol. The van der Waals surface area contributed by atoms with Crippen LogP contribution in [0.15, 0.2) is 0 Å². The predicted octanol–water partition coefficient (Wildman–Crippen LogP) is 1.12. The zero-order valence-electron chi connectivity index (χ0n) is 6.15. The molecule has 0 aromatic carbocycles. The molecular weight excluding hydrogens is 203 g/mol. The third-order valence-electron chi connectivity index (χ3n) is 2.36. The first kappa shape index (κ1) is 8.75. The molecule has 1 aliphatic heterocycles. The van der Waals surface area contributed by atoms with Gasteiger partial charge in [-0.1, -0.05) is 0 Å². The fourth-order valence-corrected chi connectivity index (χ4v) is 2.40. The van der Waals surface area contributed by atoms with E-state index in [1.54, 1.807) is 0 Å². The summed E-state index contributed by atoms with van der Waals surface area (Å²) in [4.78, 5) is 20.4. The van der Waals surface area contributed by atoms with E-state index >= 15 is 0 Å². The Kier molecular flexibility index (Phi) is 2.29. The van der Waals surface area contributed by atoms with E-state index in [9.17, 15) is 4.79 Å². The van der Waals surface area contributed by atoms with Gasteiger partial charge >= 0.3 is 0 Å². The lowest BCUT2D eigenvalue weighted by atomic mass is 9.86. The van der Waals surface area contributed by atoms with Crippen LogP contribution in [0.25, 0.3) is 0 Å². The largest absolute Gasteiger partial charge is 0.303 e. The average Bonchev–Trinajstić information content (AvgIpc) is 2.31. The Bertz CT molecular complexity index is 199. The van der Waals surface area contributed by atoms with E-state index in [-0.39, 0.29) is 28.9 Å². The summed E-state index contributed by atoms with van der Waals surface area (Å²) in [6.07, 6.45) is 0.880. The Hall–Kier alpha value is 0.170. The summed E-state index contributed by atoms with van der Waals surface area (Å²) in [6, 6.07) is 0. The lowest BCUT2D eigenvalue weighted by molar-refractivity contribution is -0.289. The van der Waals surface area contributed by atoms with Crippen LogP contribution < -0.4 is 0 Å². The molecule has 2 aliphatic rings. The van der Waals surface area contributed by atoms with Gasteiger partial charge in [-0.2, -0.15) is 0 Å². The Morgan fingerprint density at radius 2 is 2.00 bits per heavy atom. The molecule has 5 unspecified atom stereocenters. The van der Waals surface area contributed by atoms with Crippen molar-refractivity contribution in [3.63, 3.8) is 0 Å². The van der Waals surface area contributed by atoms with Gasteiger partial charge in [0.25, 0.3) is 0 Å². The molecule has 2 fully saturated rings. The number of rotatable bonds is 1. The molecule has 0 radical (unpaired) electrons. The number of fused-ring (bicyclic) bond motifs is 2. The number of carbonyl (C=O) groups is 1. The first-order valence-corrected chi connectivity index (χ1v) is 4.67. The average molecular weight is 211 g/mol. The monoisotopic (exact) mass is 210 g/mol. The molecule has 1 heterocycles. The molecule has 0 aromatic heterocycles. The van der Waals surface area contributed by atoms with Crippen molar-refractivity contribution in [2.24, 2.45) is 5.92 Å². The van der Waals surface area contributed by atoms with Crippen molar-refractivity contribution in [1.82, 2.24) is 0 Å². The van der Waals surface area contributed by atoms with Gasteiger partial charge in [0.1, 0.15) is 18.5 Å². The first-order valence-electron chi connectivity index (χ1n) is 3.79. The smallest absolute Gasteiger partial charge is 0.129 e. The van der Waals surface area contributed by atoms with Gasteiger partial charge in [0.05, 0.1) is 10.8 Å². The van der Waals surface area contributed by atoms with Crippen LogP contribution in [0, 0.1) is 5.92 Å². The molecule has 2 bridgehead atoms. The highest BCUT2D eigenvalue weighted by Gasteiger charge is 2.50. The summed E-state index contributed by atoms with van der Waals surface area (Å²) in [5, 5.41) is -0.576. The van der Waals surface area contributed by atoms with Crippen molar-refractivity contribution in [2.45, 2.75) is 29.4 Å². The van der Waals surface area contributed by atoms with Gasteiger partial charge in [0, 0.05) is 5.92 Å². The maximum Gasteiger partial charge on any atom is 0.129 e. The zero-order valence-corrected chi connectivity index (χ0v) is 7.66. The summed E-state index contributed by atoms with van der Waals surface area (Å²) >= 11 is 11.9. The Morgan fingerprint density at radius 3 is 2.67 bits per heavy atom. The van der Waals surface area contributed by atoms with Crippen LogP contribution in [0.5, 0.6) is 0 Å². The first-order chi connectivity index (χ1) is 5.74. The molecule has 2 rings (SSSR count). The number of aldehydes is 1. The van der Waals surface area contributed by atoms with Crippen molar-refractivity contribution in [1.29, 1.82) is 0 Å². The SMILES string of the molecule is O=CC1CC2OOC(C1Cl)C2Cl. The minimum atomic E-state index is -0.358. The Labute approximate surface area is 79.8 Å². The van der Waals surface area contributed by atoms with Crippen LogP contribution in [0.1, 0.15) is 6.42 Å². The molecule has 68 valence electrons. The third kappa shape index (κ3) is 1.16. The van der Waals surface area contributed by atoms with Crippen molar-refractivity contribution in [3.8, 4) is 0 Å². The van der Waals surface area contributed by atoms with E-state index in [2.05, 4.69) is 0 Å². The van der Waals surface area contributed by atoms with Crippen LogP contribution in [0.3, 0.4) is 0 Å². The molecule has 12 heavy (non-hydrogen) atoms. The molecule has 0 N–H and O–H groups in total. The molecule has 0 aromatic rings. The number of hydrogen-bond acceptors (Lipinski definition) is 3. The van der Waals surface area contributed by atoms with Gasteiger partial charge in [-0.05, 0) is 6.42 Å². The Morgan fingerprint density at radius 1 is 1.25 bits per heavy atom. The van der Waals surface area contributed by atoms with Gasteiger partial charge < -0.3 is 4.79 Å². The van der Waals surface area contributed by atoms with Gasteiger partial charge in [-0.3, -0.25) is 0 Å². The number of hydrogen-bond donors (Lipinski definition) is 0. The second-order valence-corrected chi connectivity index (χ2v) is 4.13. The molecule has 3 nitrogen and oxygen atoms in total. The quantitative estimate of drug-likeness (QED) is 0.370. The fraction of sp³-hybridized carbons (Fsp3) is 0.857. The summed E-state index contributed by atoms with van der Waals surface area (Å²) in [5.74, 6) is -0.195. The number of carbonyl (C=O) groups excluding carboxylic acids is 1. The molecule has 0 amide bonds. The van der Waals surface area contributed by atoms with Crippen LogP contribution in [0.4, 0.5) is 0 Å². The van der Waals surface area contributed by atoms with Crippen LogP contribution >= 0.6 is 23.2 Å². The van der Waals surface area contributed by atoms with Gasteiger partial charge in [0.15, 0.2) is 0 Å². The molecule has 1 saturated heterocycles. The number of alkyl halides is 2. The lowest BCUT2D eigenvalue weighted by Gasteiger charge is -2.28. The van der Waals surface area contributed by atoms with Crippen LogP contribution in [0.2, 0.25) is 0 Å². The van der Waals surface area contributed by atoms with E-state index in [1.807, 2.05) is 0 Å². The highest BCUT2D eigenvalue weighted by atomic mass is 35.5. The van der Waals surface area contributed by atoms with E-state index in [4.69, 9.17) is 33.0 Å². The normalized spacial score (nSPS) is 52.3. The highest BCUT2D eigenvalue weighted by Crippen LogP contribution is 2.39. The van der Waals surface area contributed by atoms with E-state index < -0.39 is 0 Å². The van der Waals surface area contributed by atoms with Crippen molar-refractivity contribution in [2.75, 3.05) is 0 Å². The summed E-state index contributed by atoms with van der Waals surface area (Å²) < 4.78 is 0. The van der Waals surface area contributed by atoms with Crippen LogP contribution in [-0.2, 0) is 14.6 Å². The molecule has 1 saturated carbocycles. The topological polar surface area (TPSA) is 35.5 Å². The lowest BCUT2D eigenvalue weighted by Crippen LogP contribution is -2.43.